The van der Waals surface area contributed by atoms with Crippen molar-refractivity contribution in [1.82, 2.24) is 0 Å². The number of benzene rings is 1. The highest BCUT2D eigenvalue weighted by Crippen LogP contribution is 2.18. The number of nitrogens with two attached hydrogens (primary N) is 1. The van der Waals surface area contributed by atoms with Gasteiger partial charge in [0.2, 0.25) is 0 Å². The highest BCUT2D eigenvalue weighted by atomic mass is 35.5. The molecule has 14 heavy (non-hydrogen) atoms. The molecule has 1 aromatic carbocycles. The van der Waals surface area contributed by atoms with Crippen LogP contribution in [0.1, 0.15) is 12.0 Å². The van der Waals surface area contributed by atoms with E-state index >= 15 is 0 Å². The Kier molecular flexibility index (Phi) is 2.70. The van der Waals surface area contributed by atoms with E-state index in [4.69, 9.17) is 22.2 Å². The van der Waals surface area contributed by atoms with E-state index in [0.29, 0.717) is 11.6 Å². The third kappa shape index (κ3) is 1.89. The summed E-state index contributed by atoms with van der Waals surface area (Å²) in [7, 11) is 0. The van der Waals surface area contributed by atoms with Crippen LogP contribution in [0.3, 0.4) is 0 Å². The van der Waals surface area contributed by atoms with E-state index < -0.39 is 0 Å². The smallest absolute Gasteiger partial charge is 0.145 e. The lowest BCUT2D eigenvalue weighted by molar-refractivity contribution is 0.0918. The monoisotopic (exact) mass is 210 g/mol. The zero-order chi connectivity index (χ0) is 9.97. The molecule has 1 aliphatic heterocycles. The Morgan fingerprint density at radius 1 is 1.57 bits per heavy atom. The van der Waals surface area contributed by atoms with Gasteiger partial charge in [-0.1, -0.05) is 28.9 Å². The number of rotatable bonds is 2. The average molecular weight is 211 g/mol. The number of oxime groups is 1. The van der Waals surface area contributed by atoms with Crippen molar-refractivity contribution in [3.05, 3.63) is 34.9 Å². The Hall–Kier alpha value is -1.06. The maximum absolute atomic E-state index is 5.87. The fourth-order valence-electron chi connectivity index (χ4n) is 1.39. The molecule has 1 unspecified atom stereocenters. The van der Waals surface area contributed by atoms with E-state index in [1.165, 1.54) is 0 Å². The molecule has 0 aromatic heterocycles. The van der Waals surface area contributed by atoms with E-state index in [1.54, 1.807) is 0 Å². The first-order chi connectivity index (χ1) is 6.79. The molecule has 0 spiro atoms. The predicted octanol–water partition coefficient (Wildman–Crippen LogP) is 1.79. The van der Waals surface area contributed by atoms with E-state index in [9.17, 15) is 0 Å². The molecule has 0 saturated heterocycles. The molecule has 0 bridgehead atoms. The molecule has 0 amide bonds. The molecule has 2 rings (SSSR count). The van der Waals surface area contributed by atoms with Crippen LogP contribution in [-0.4, -0.2) is 18.4 Å². The molecule has 0 aliphatic carbocycles. The fraction of sp³-hybridized carbons (Fsp3) is 0.300. The number of halogens is 1. The zero-order valence-electron chi connectivity index (χ0n) is 7.61. The molecular formula is C10H11ClN2O. The Morgan fingerprint density at radius 2 is 2.43 bits per heavy atom. The number of nitrogens with zero attached hydrogens (tertiary/aromatic N) is 1. The lowest BCUT2D eigenvalue weighted by Gasteiger charge is -2.02. The molecular weight excluding hydrogens is 200 g/mol. The molecule has 1 atom stereocenters. The maximum Gasteiger partial charge on any atom is 0.145 e. The van der Waals surface area contributed by atoms with Crippen LogP contribution in [0.2, 0.25) is 5.02 Å². The van der Waals surface area contributed by atoms with Gasteiger partial charge in [-0.15, -0.1) is 0 Å². The summed E-state index contributed by atoms with van der Waals surface area (Å²) in [4.78, 5) is 5.13. The second kappa shape index (κ2) is 3.98. The van der Waals surface area contributed by atoms with Gasteiger partial charge in [0.05, 0.1) is 5.71 Å². The van der Waals surface area contributed by atoms with Gasteiger partial charge in [0.15, 0.2) is 0 Å². The largest absolute Gasteiger partial charge is 0.390 e. The predicted molar refractivity (Wildman–Crippen MR) is 56.5 cm³/mol. The van der Waals surface area contributed by atoms with Gasteiger partial charge in [-0.2, -0.15) is 0 Å². The quantitative estimate of drug-likeness (QED) is 0.809. The first-order valence-corrected chi connectivity index (χ1v) is 4.86. The van der Waals surface area contributed by atoms with Crippen molar-refractivity contribution >= 4 is 17.3 Å². The third-order valence-corrected chi connectivity index (χ3v) is 2.39. The van der Waals surface area contributed by atoms with Crippen LogP contribution < -0.4 is 5.73 Å². The minimum atomic E-state index is 0.0176. The molecule has 1 heterocycles. The summed E-state index contributed by atoms with van der Waals surface area (Å²) >= 11 is 5.87. The topological polar surface area (TPSA) is 47.6 Å². The van der Waals surface area contributed by atoms with Crippen molar-refractivity contribution < 1.29 is 4.84 Å². The van der Waals surface area contributed by atoms with Gasteiger partial charge in [0.1, 0.15) is 6.10 Å². The lowest BCUT2D eigenvalue weighted by atomic mass is 10.1. The maximum atomic E-state index is 5.87. The van der Waals surface area contributed by atoms with Crippen LogP contribution in [0.5, 0.6) is 0 Å². The summed E-state index contributed by atoms with van der Waals surface area (Å²) in [6.45, 7) is 0.494. The normalized spacial score (nSPS) is 20.4. The van der Waals surface area contributed by atoms with Gasteiger partial charge in [0, 0.05) is 23.6 Å². The Labute approximate surface area is 87.5 Å². The van der Waals surface area contributed by atoms with Crippen molar-refractivity contribution in [2.24, 2.45) is 10.9 Å². The molecule has 4 heteroatoms. The van der Waals surface area contributed by atoms with Crippen molar-refractivity contribution in [2.45, 2.75) is 12.5 Å². The molecule has 2 N–H and O–H groups in total. The minimum absolute atomic E-state index is 0.0176. The number of hydrogen-bond donors (Lipinski definition) is 1. The minimum Gasteiger partial charge on any atom is -0.390 e. The van der Waals surface area contributed by atoms with Gasteiger partial charge in [-0.05, 0) is 12.1 Å². The van der Waals surface area contributed by atoms with Crippen LogP contribution in [0, 0.1) is 0 Å². The van der Waals surface area contributed by atoms with Crippen LogP contribution in [-0.2, 0) is 4.84 Å². The Balaban J connectivity index is 2.17. The molecule has 0 saturated carbocycles. The van der Waals surface area contributed by atoms with Gasteiger partial charge >= 0.3 is 0 Å². The molecule has 0 radical (unpaired) electrons. The lowest BCUT2D eigenvalue weighted by Crippen LogP contribution is -2.20. The Bertz CT molecular complexity index is 365. The van der Waals surface area contributed by atoms with E-state index in [0.717, 1.165) is 17.7 Å². The number of hydrogen-bond acceptors (Lipinski definition) is 3. The zero-order valence-corrected chi connectivity index (χ0v) is 8.37. The molecule has 3 nitrogen and oxygen atoms in total. The molecule has 1 aliphatic rings. The van der Waals surface area contributed by atoms with Gasteiger partial charge in [0.25, 0.3) is 0 Å². The standard InChI is InChI=1S/C10H11ClN2O/c11-8-3-1-2-7(4-8)10-5-9(6-12)14-13-10/h1-4,9H,5-6,12H2. The summed E-state index contributed by atoms with van der Waals surface area (Å²) in [5, 5.41) is 4.69. The van der Waals surface area contributed by atoms with Gasteiger partial charge in [-0.25, -0.2) is 0 Å². The summed E-state index contributed by atoms with van der Waals surface area (Å²) < 4.78 is 0. The summed E-state index contributed by atoms with van der Waals surface area (Å²) in [6, 6.07) is 7.58. The van der Waals surface area contributed by atoms with Crippen molar-refractivity contribution in [3.8, 4) is 0 Å². The molecule has 0 fully saturated rings. The van der Waals surface area contributed by atoms with Crippen LogP contribution in [0.15, 0.2) is 29.4 Å². The van der Waals surface area contributed by atoms with E-state index in [1.807, 2.05) is 24.3 Å². The van der Waals surface area contributed by atoms with Crippen LogP contribution >= 0.6 is 11.6 Å². The van der Waals surface area contributed by atoms with Crippen molar-refractivity contribution in [2.75, 3.05) is 6.54 Å². The highest BCUT2D eigenvalue weighted by molar-refractivity contribution is 6.31. The van der Waals surface area contributed by atoms with E-state index in [-0.39, 0.29) is 6.10 Å². The second-order valence-corrected chi connectivity index (χ2v) is 3.65. The second-order valence-electron chi connectivity index (χ2n) is 3.22. The SMILES string of the molecule is NCC1CC(c2cccc(Cl)c2)=NO1. The molecule has 74 valence electrons. The summed E-state index contributed by atoms with van der Waals surface area (Å²) in [5.41, 5.74) is 7.41. The molecule has 1 aromatic rings. The van der Waals surface area contributed by atoms with Crippen LogP contribution in [0.25, 0.3) is 0 Å². The van der Waals surface area contributed by atoms with Gasteiger partial charge < -0.3 is 10.6 Å². The third-order valence-electron chi connectivity index (χ3n) is 2.15. The average Bonchev–Trinajstić information content (AvgIpc) is 2.66. The highest BCUT2D eigenvalue weighted by Gasteiger charge is 2.20. The Morgan fingerprint density at radius 3 is 3.07 bits per heavy atom. The summed E-state index contributed by atoms with van der Waals surface area (Å²) in [6.07, 6.45) is 0.778. The fourth-order valence-corrected chi connectivity index (χ4v) is 1.58. The van der Waals surface area contributed by atoms with Crippen molar-refractivity contribution in [1.29, 1.82) is 0 Å². The first kappa shape index (κ1) is 9.49. The first-order valence-electron chi connectivity index (χ1n) is 4.48. The van der Waals surface area contributed by atoms with Crippen LogP contribution in [0.4, 0.5) is 0 Å². The van der Waals surface area contributed by atoms with Gasteiger partial charge in [-0.3, -0.25) is 0 Å². The van der Waals surface area contributed by atoms with Crippen molar-refractivity contribution in [3.63, 3.8) is 0 Å². The van der Waals surface area contributed by atoms with E-state index in [2.05, 4.69) is 5.16 Å². The summed E-state index contributed by atoms with van der Waals surface area (Å²) in [5.74, 6) is 0.